The maximum absolute atomic E-state index is 12.4. The number of aliphatic carboxylic acids is 1. The van der Waals surface area contributed by atoms with Crippen molar-refractivity contribution in [2.75, 3.05) is 6.61 Å². The minimum Gasteiger partial charge on any atom is -0.480 e. The summed E-state index contributed by atoms with van der Waals surface area (Å²) in [6.07, 6.45) is -0.729. The Morgan fingerprint density at radius 1 is 0.968 bits per heavy atom. The molecule has 2 atom stereocenters. The molecule has 0 heterocycles. The fourth-order valence-electron chi connectivity index (χ4n) is 3.80. The molecule has 2 aromatic rings. The minimum absolute atomic E-state index is 0.0837. The zero-order valence-corrected chi connectivity index (χ0v) is 18.1. The highest BCUT2D eigenvalue weighted by molar-refractivity contribution is 5.89. The molecule has 0 aromatic heterocycles. The van der Waals surface area contributed by atoms with E-state index in [1.165, 1.54) is 6.92 Å². The number of nitrogens with one attached hydrogen (secondary N) is 2. The highest BCUT2D eigenvalue weighted by atomic mass is 16.5. The highest BCUT2D eigenvalue weighted by Gasteiger charge is 2.34. The van der Waals surface area contributed by atoms with Gasteiger partial charge in [0.05, 0.1) is 0 Å². The van der Waals surface area contributed by atoms with Crippen molar-refractivity contribution < 1.29 is 24.2 Å². The normalized spacial score (nSPS) is 14.7. The number of carbonyl (C=O) groups is 3. The van der Waals surface area contributed by atoms with Crippen LogP contribution in [0.5, 0.6) is 0 Å². The van der Waals surface area contributed by atoms with Crippen LogP contribution in [0, 0.1) is 5.41 Å². The molecule has 0 radical (unpaired) electrons. The van der Waals surface area contributed by atoms with E-state index >= 15 is 0 Å². The van der Waals surface area contributed by atoms with E-state index in [0.29, 0.717) is 0 Å². The van der Waals surface area contributed by atoms with Crippen molar-refractivity contribution in [3.8, 4) is 11.1 Å². The van der Waals surface area contributed by atoms with Crippen LogP contribution >= 0.6 is 0 Å². The molecule has 0 unspecified atom stereocenters. The summed E-state index contributed by atoms with van der Waals surface area (Å²) >= 11 is 0. The summed E-state index contributed by atoms with van der Waals surface area (Å²) in [7, 11) is 0. The second-order valence-corrected chi connectivity index (χ2v) is 8.84. The number of fused-ring (bicyclic) bond motifs is 3. The third-order valence-electron chi connectivity index (χ3n) is 5.47. The zero-order chi connectivity index (χ0) is 22.8. The van der Waals surface area contributed by atoms with Crippen molar-refractivity contribution in [2.45, 2.75) is 45.7 Å². The third-order valence-corrected chi connectivity index (χ3v) is 5.47. The highest BCUT2D eigenvalue weighted by Crippen LogP contribution is 2.44. The van der Waals surface area contributed by atoms with E-state index in [0.717, 1.165) is 22.3 Å². The van der Waals surface area contributed by atoms with Crippen molar-refractivity contribution in [2.24, 2.45) is 5.41 Å². The molecule has 2 aromatic carbocycles. The maximum Gasteiger partial charge on any atom is 0.407 e. The fraction of sp³-hybridized carbons (Fsp3) is 0.375. The predicted molar refractivity (Wildman–Crippen MR) is 117 cm³/mol. The van der Waals surface area contributed by atoms with Gasteiger partial charge in [0, 0.05) is 5.92 Å². The number of amides is 2. The number of rotatable bonds is 6. The molecular weight excluding hydrogens is 396 g/mol. The molecule has 3 rings (SSSR count). The summed E-state index contributed by atoms with van der Waals surface area (Å²) in [6.45, 7) is 6.77. The standard InChI is InChI=1S/C24H28N2O5/c1-14(21(27)26-20(22(28)29)24(2,3)4)25-23(30)31-13-19-17-11-7-5-9-15(17)16-10-6-8-12-18(16)19/h5-12,14,19-20H,13H2,1-4H3,(H,25,30)(H,26,27)(H,28,29)/t14-,20+/m1/s1. The summed E-state index contributed by atoms with van der Waals surface area (Å²) in [5.41, 5.74) is 3.77. The van der Waals surface area contributed by atoms with Crippen LogP contribution in [0.3, 0.4) is 0 Å². The molecule has 31 heavy (non-hydrogen) atoms. The van der Waals surface area contributed by atoms with E-state index in [1.807, 2.05) is 36.4 Å². The van der Waals surface area contributed by atoms with Gasteiger partial charge in [-0.05, 0) is 34.6 Å². The minimum atomic E-state index is -1.13. The van der Waals surface area contributed by atoms with Crippen LogP contribution in [0.1, 0.15) is 44.7 Å². The number of hydrogen-bond acceptors (Lipinski definition) is 4. The molecule has 1 aliphatic carbocycles. The lowest BCUT2D eigenvalue weighted by molar-refractivity contribution is -0.145. The molecule has 0 saturated carbocycles. The van der Waals surface area contributed by atoms with Gasteiger partial charge in [0.25, 0.3) is 0 Å². The van der Waals surface area contributed by atoms with E-state index < -0.39 is 35.5 Å². The topological polar surface area (TPSA) is 105 Å². The van der Waals surface area contributed by atoms with Gasteiger partial charge in [-0.25, -0.2) is 9.59 Å². The van der Waals surface area contributed by atoms with Crippen molar-refractivity contribution >= 4 is 18.0 Å². The van der Waals surface area contributed by atoms with Crippen LogP contribution < -0.4 is 10.6 Å². The average molecular weight is 424 g/mol. The first-order chi connectivity index (χ1) is 14.6. The Bertz CT molecular complexity index is 950. The Kier molecular flexibility index (Phi) is 6.34. The van der Waals surface area contributed by atoms with Gasteiger partial charge >= 0.3 is 12.1 Å². The van der Waals surface area contributed by atoms with Crippen molar-refractivity contribution in [1.82, 2.24) is 10.6 Å². The fourth-order valence-corrected chi connectivity index (χ4v) is 3.80. The Labute approximate surface area is 181 Å². The molecule has 0 fully saturated rings. The van der Waals surface area contributed by atoms with Crippen molar-refractivity contribution in [3.63, 3.8) is 0 Å². The average Bonchev–Trinajstić information content (AvgIpc) is 3.03. The van der Waals surface area contributed by atoms with Crippen LogP contribution in [0.4, 0.5) is 4.79 Å². The summed E-state index contributed by atoms with van der Waals surface area (Å²) in [4.78, 5) is 36.2. The first kappa shape index (κ1) is 22.3. The number of alkyl carbamates (subject to hydrolysis) is 1. The molecule has 164 valence electrons. The Morgan fingerprint density at radius 2 is 1.48 bits per heavy atom. The molecule has 0 aliphatic heterocycles. The van der Waals surface area contributed by atoms with E-state index in [4.69, 9.17) is 4.74 Å². The predicted octanol–water partition coefficient (Wildman–Crippen LogP) is 3.53. The summed E-state index contributed by atoms with van der Waals surface area (Å²) in [5, 5.41) is 14.3. The van der Waals surface area contributed by atoms with Gasteiger partial charge < -0.3 is 20.5 Å². The van der Waals surface area contributed by atoms with Crippen molar-refractivity contribution in [3.05, 3.63) is 59.7 Å². The molecule has 1 aliphatic rings. The maximum atomic E-state index is 12.4. The number of carboxylic acids is 1. The molecule has 2 amide bonds. The molecule has 0 saturated heterocycles. The summed E-state index contributed by atoms with van der Waals surface area (Å²) in [6, 6.07) is 14.0. The van der Waals surface area contributed by atoms with E-state index in [-0.39, 0.29) is 12.5 Å². The quantitative estimate of drug-likeness (QED) is 0.658. The van der Waals surface area contributed by atoms with Gasteiger partial charge in [0.1, 0.15) is 18.7 Å². The lowest BCUT2D eigenvalue weighted by Gasteiger charge is -2.28. The zero-order valence-electron chi connectivity index (χ0n) is 18.1. The van der Waals surface area contributed by atoms with Gasteiger partial charge in [0.2, 0.25) is 5.91 Å². The van der Waals surface area contributed by atoms with Gasteiger partial charge in [-0.3, -0.25) is 4.79 Å². The largest absolute Gasteiger partial charge is 0.480 e. The molecule has 0 spiro atoms. The van der Waals surface area contributed by atoms with Crippen LogP contribution in [0.15, 0.2) is 48.5 Å². The second kappa shape index (κ2) is 8.79. The third kappa shape index (κ3) is 4.87. The van der Waals surface area contributed by atoms with Crippen LogP contribution in [0.25, 0.3) is 11.1 Å². The molecule has 7 heteroatoms. The number of ether oxygens (including phenoxy) is 1. The Morgan fingerprint density at radius 3 is 1.97 bits per heavy atom. The number of carboxylic acid groups (broad SMARTS) is 1. The lowest BCUT2D eigenvalue weighted by Crippen LogP contribution is -2.54. The Balaban J connectivity index is 1.60. The molecule has 3 N–H and O–H groups in total. The van der Waals surface area contributed by atoms with E-state index in [9.17, 15) is 19.5 Å². The van der Waals surface area contributed by atoms with Crippen LogP contribution in [-0.2, 0) is 14.3 Å². The van der Waals surface area contributed by atoms with Gasteiger partial charge in [-0.1, -0.05) is 69.3 Å². The second-order valence-electron chi connectivity index (χ2n) is 8.84. The molecule has 7 nitrogen and oxygen atoms in total. The van der Waals surface area contributed by atoms with Crippen LogP contribution in [0.2, 0.25) is 0 Å². The smallest absolute Gasteiger partial charge is 0.407 e. The van der Waals surface area contributed by atoms with Crippen molar-refractivity contribution in [1.29, 1.82) is 0 Å². The SMILES string of the molecule is C[C@@H](NC(=O)OCC1c2ccccc2-c2ccccc21)C(=O)N[C@@H](C(=O)O)C(C)(C)C. The number of carbonyl (C=O) groups excluding carboxylic acids is 2. The summed E-state index contributed by atoms with van der Waals surface area (Å²) < 4.78 is 5.43. The van der Waals surface area contributed by atoms with Gasteiger partial charge in [-0.2, -0.15) is 0 Å². The first-order valence-electron chi connectivity index (χ1n) is 10.2. The number of hydrogen-bond donors (Lipinski definition) is 3. The molecular formula is C24H28N2O5. The van der Waals surface area contributed by atoms with E-state index in [2.05, 4.69) is 22.8 Å². The van der Waals surface area contributed by atoms with E-state index in [1.54, 1.807) is 20.8 Å². The first-order valence-corrected chi connectivity index (χ1v) is 10.2. The van der Waals surface area contributed by atoms with Gasteiger partial charge in [0.15, 0.2) is 0 Å². The molecule has 0 bridgehead atoms. The Hall–Kier alpha value is -3.35. The number of benzene rings is 2. The van der Waals surface area contributed by atoms with Crippen LogP contribution in [-0.4, -0.2) is 41.8 Å². The van der Waals surface area contributed by atoms with Gasteiger partial charge in [-0.15, -0.1) is 0 Å². The monoisotopic (exact) mass is 424 g/mol. The summed E-state index contributed by atoms with van der Waals surface area (Å²) in [5.74, 6) is -1.80. The lowest BCUT2D eigenvalue weighted by atomic mass is 9.86.